The molecule has 0 spiro atoms. The fourth-order valence-corrected chi connectivity index (χ4v) is 1.73. The summed E-state index contributed by atoms with van der Waals surface area (Å²) in [5.74, 6) is 0. The van der Waals surface area contributed by atoms with Crippen LogP contribution in [0.25, 0.3) is 0 Å². The highest BCUT2D eigenvalue weighted by Crippen LogP contribution is 2.39. The molecule has 1 unspecified atom stereocenters. The van der Waals surface area contributed by atoms with Crippen molar-refractivity contribution in [3.8, 4) is 6.07 Å². The summed E-state index contributed by atoms with van der Waals surface area (Å²) in [6.07, 6.45) is 0.691. The van der Waals surface area contributed by atoms with Crippen LogP contribution in [0.1, 0.15) is 11.1 Å². The van der Waals surface area contributed by atoms with Crippen molar-refractivity contribution in [1.82, 2.24) is 0 Å². The Balaban J connectivity index is 2.48. The van der Waals surface area contributed by atoms with Gasteiger partial charge in [0, 0.05) is 0 Å². The van der Waals surface area contributed by atoms with Gasteiger partial charge in [0.15, 0.2) is 0 Å². The summed E-state index contributed by atoms with van der Waals surface area (Å²) in [6, 6.07) is 9.94. The monoisotopic (exact) mass is 159 g/mol. The normalized spacial score (nSPS) is 25.3. The maximum atomic E-state index is 9.06. The van der Waals surface area contributed by atoms with Gasteiger partial charge in [-0.1, -0.05) is 24.3 Å². The second-order valence-corrected chi connectivity index (χ2v) is 3.19. The van der Waals surface area contributed by atoms with Crippen molar-refractivity contribution >= 4 is 0 Å². The van der Waals surface area contributed by atoms with Gasteiger partial charge in [0.2, 0.25) is 0 Å². The quantitative estimate of drug-likeness (QED) is 0.664. The van der Waals surface area contributed by atoms with Crippen molar-refractivity contribution < 1.29 is 5.11 Å². The van der Waals surface area contributed by atoms with E-state index in [1.807, 2.05) is 24.3 Å². The molecule has 1 aromatic rings. The van der Waals surface area contributed by atoms with Gasteiger partial charge < -0.3 is 5.11 Å². The molecule has 0 aliphatic heterocycles. The zero-order valence-electron chi connectivity index (χ0n) is 6.62. The average Bonchev–Trinajstić information content (AvgIpc) is 2.09. The third-order valence-corrected chi connectivity index (χ3v) is 2.51. The zero-order chi connectivity index (χ0) is 8.60. The summed E-state index contributed by atoms with van der Waals surface area (Å²) >= 11 is 0. The number of aliphatic hydroxyl groups is 1. The lowest BCUT2D eigenvalue weighted by Gasteiger charge is -2.36. The Morgan fingerprint density at radius 3 is 2.83 bits per heavy atom. The first kappa shape index (κ1) is 7.33. The summed E-state index contributed by atoms with van der Waals surface area (Å²) in [5, 5.41) is 17.9. The fraction of sp³-hybridized carbons (Fsp3) is 0.300. The minimum absolute atomic E-state index is 0.0689. The number of nitrogens with zero attached hydrogens (tertiary/aromatic N) is 1. The van der Waals surface area contributed by atoms with Crippen molar-refractivity contribution in [1.29, 1.82) is 5.26 Å². The van der Waals surface area contributed by atoms with E-state index >= 15 is 0 Å². The second kappa shape index (κ2) is 2.33. The average molecular weight is 159 g/mol. The molecule has 0 amide bonds. The summed E-state index contributed by atoms with van der Waals surface area (Å²) in [4.78, 5) is 0. The van der Waals surface area contributed by atoms with E-state index in [-0.39, 0.29) is 6.61 Å². The Labute approximate surface area is 71.1 Å². The first-order valence-corrected chi connectivity index (χ1v) is 3.93. The predicted octanol–water partition coefficient (Wildman–Crippen LogP) is 0.996. The van der Waals surface area contributed by atoms with E-state index in [1.165, 1.54) is 5.56 Å². The molecule has 0 saturated heterocycles. The number of nitriles is 1. The largest absolute Gasteiger partial charge is 0.394 e. The van der Waals surface area contributed by atoms with Gasteiger partial charge in [0.25, 0.3) is 0 Å². The Kier molecular flexibility index (Phi) is 1.42. The van der Waals surface area contributed by atoms with E-state index in [4.69, 9.17) is 10.4 Å². The summed E-state index contributed by atoms with van der Waals surface area (Å²) in [7, 11) is 0. The predicted molar refractivity (Wildman–Crippen MR) is 44.5 cm³/mol. The molecule has 1 aliphatic carbocycles. The Morgan fingerprint density at radius 2 is 2.25 bits per heavy atom. The van der Waals surface area contributed by atoms with Crippen molar-refractivity contribution in [2.45, 2.75) is 11.8 Å². The van der Waals surface area contributed by atoms with Crippen LogP contribution in [-0.4, -0.2) is 11.7 Å². The van der Waals surface area contributed by atoms with Crippen molar-refractivity contribution in [2.75, 3.05) is 6.61 Å². The molecule has 12 heavy (non-hydrogen) atoms. The number of rotatable bonds is 1. The topological polar surface area (TPSA) is 44.0 Å². The number of aliphatic hydroxyl groups excluding tert-OH is 1. The van der Waals surface area contributed by atoms with Crippen LogP contribution in [0.3, 0.4) is 0 Å². The lowest BCUT2D eigenvalue weighted by atomic mass is 9.65. The van der Waals surface area contributed by atoms with Gasteiger partial charge in [0.1, 0.15) is 5.41 Å². The van der Waals surface area contributed by atoms with Crippen molar-refractivity contribution in [2.24, 2.45) is 0 Å². The molecule has 0 radical (unpaired) electrons. The van der Waals surface area contributed by atoms with Gasteiger partial charge in [-0.25, -0.2) is 0 Å². The van der Waals surface area contributed by atoms with Gasteiger partial charge in [-0.15, -0.1) is 0 Å². The van der Waals surface area contributed by atoms with Gasteiger partial charge in [-0.05, 0) is 17.5 Å². The smallest absolute Gasteiger partial charge is 0.109 e. The standard InChI is InChI=1S/C10H9NO/c11-6-10(7-12)5-8-3-1-2-4-9(8)10/h1-4,12H,5,7H2. The first-order chi connectivity index (χ1) is 5.82. The molecule has 1 atom stereocenters. The summed E-state index contributed by atoms with van der Waals surface area (Å²) < 4.78 is 0. The number of hydrogen-bond acceptors (Lipinski definition) is 2. The third kappa shape index (κ3) is 0.717. The molecule has 0 bridgehead atoms. The van der Waals surface area contributed by atoms with Gasteiger partial charge >= 0.3 is 0 Å². The van der Waals surface area contributed by atoms with Crippen LogP contribution >= 0.6 is 0 Å². The highest BCUT2D eigenvalue weighted by molar-refractivity contribution is 5.50. The highest BCUT2D eigenvalue weighted by Gasteiger charge is 2.42. The van der Waals surface area contributed by atoms with E-state index in [0.29, 0.717) is 6.42 Å². The molecule has 0 heterocycles. The second-order valence-electron chi connectivity index (χ2n) is 3.19. The summed E-state index contributed by atoms with van der Waals surface area (Å²) in [6.45, 7) is -0.0689. The Bertz CT molecular complexity index is 353. The van der Waals surface area contributed by atoms with Crippen molar-refractivity contribution in [3.63, 3.8) is 0 Å². The molecule has 0 fully saturated rings. The molecule has 0 aromatic heterocycles. The van der Waals surface area contributed by atoms with E-state index in [2.05, 4.69) is 6.07 Å². The fourth-order valence-electron chi connectivity index (χ4n) is 1.73. The van der Waals surface area contributed by atoms with Crippen LogP contribution in [0.2, 0.25) is 0 Å². The maximum Gasteiger partial charge on any atom is 0.109 e. The SMILES string of the molecule is N#CC1(CO)Cc2ccccc21. The minimum Gasteiger partial charge on any atom is -0.394 e. The van der Waals surface area contributed by atoms with Crippen LogP contribution < -0.4 is 0 Å². The van der Waals surface area contributed by atoms with E-state index in [9.17, 15) is 0 Å². The molecule has 0 saturated carbocycles. The molecule has 60 valence electrons. The van der Waals surface area contributed by atoms with Crippen LogP contribution in [0.15, 0.2) is 24.3 Å². The lowest BCUT2D eigenvalue weighted by Crippen LogP contribution is -2.40. The number of hydrogen-bond donors (Lipinski definition) is 1. The number of benzene rings is 1. The van der Waals surface area contributed by atoms with Gasteiger partial charge in [-0.2, -0.15) is 5.26 Å². The van der Waals surface area contributed by atoms with Crippen LogP contribution in [0.4, 0.5) is 0 Å². The molecule has 1 aromatic carbocycles. The number of fused-ring (bicyclic) bond motifs is 1. The lowest BCUT2D eigenvalue weighted by molar-refractivity contribution is 0.212. The highest BCUT2D eigenvalue weighted by atomic mass is 16.3. The van der Waals surface area contributed by atoms with E-state index in [0.717, 1.165) is 5.56 Å². The molecular weight excluding hydrogens is 150 g/mol. The summed E-state index contributed by atoms with van der Waals surface area (Å²) in [5.41, 5.74) is 1.58. The zero-order valence-corrected chi connectivity index (χ0v) is 6.62. The molecule has 1 aliphatic rings. The molecular formula is C10H9NO. The van der Waals surface area contributed by atoms with Gasteiger partial charge in [0.05, 0.1) is 12.7 Å². The first-order valence-electron chi connectivity index (χ1n) is 3.93. The van der Waals surface area contributed by atoms with E-state index in [1.54, 1.807) is 0 Å². The Hall–Kier alpha value is -1.33. The Morgan fingerprint density at radius 1 is 1.50 bits per heavy atom. The molecule has 2 rings (SSSR count). The molecule has 1 N–H and O–H groups in total. The maximum absolute atomic E-state index is 9.06. The van der Waals surface area contributed by atoms with Crippen LogP contribution in [0, 0.1) is 11.3 Å². The minimum atomic E-state index is -0.601. The van der Waals surface area contributed by atoms with Gasteiger partial charge in [-0.3, -0.25) is 0 Å². The third-order valence-electron chi connectivity index (χ3n) is 2.51. The van der Waals surface area contributed by atoms with Crippen LogP contribution in [-0.2, 0) is 11.8 Å². The molecule has 2 nitrogen and oxygen atoms in total. The molecule has 2 heteroatoms. The van der Waals surface area contributed by atoms with E-state index < -0.39 is 5.41 Å². The van der Waals surface area contributed by atoms with Crippen LogP contribution in [0.5, 0.6) is 0 Å². The van der Waals surface area contributed by atoms with Crippen molar-refractivity contribution in [3.05, 3.63) is 35.4 Å².